The Hall–Kier alpha value is -2.17. The van der Waals surface area contributed by atoms with Gasteiger partial charge in [0.05, 0.1) is 17.3 Å². The van der Waals surface area contributed by atoms with Crippen LogP contribution in [0.3, 0.4) is 0 Å². The summed E-state index contributed by atoms with van der Waals surface area (Å²) in [7, 11) is 0. The van der Waals surface area contributed by atoms with Crippen LogP contribution in [0.4, 0.5) is 5.69 Å². The first-order chi connectivity index (χ1) is 11.1. The minimum atomic E-state index is -0.167. The molecule has 1 aliphatic carbocycles. The number of aromatic amines is 1. The van der Waals surface area contributed by atoms with E-state index >= 15 is 0 Å². The quantitative estimate of drug-likeness (QED) is 0.881. The minimum absolute atomic E-state index is 0.0886. The van der Waals surface area contributed by atoms with E-state index in [0.29, 0.717) is 0 Å². The lowest BCUT2D eigenvalue weighted by molar-refractivity contribution is -0.120. The van der Waals surface area contributed by atoms with Gasteiger partial charge in [-0.05, 0) is 42.7 Å². The second-order valence-corrected chi connectivity index (χ2v) is 7.49. The van der Waals surface area contributed by atoms with Gasteiger partial charge in [0.15, 0.2) is 0 Å². The lowest BCUT2D eigenvalue weighted by Crippen LogP contribution is -2.46. The van der Waals surface area contributed by atoms with Gasteiger partial charge in [0.2, 0.25) is 5.91 Å². The van der Waals surface area contributed by atoms with E-state index in [1.54, 1.807) is 0 Å². The van der Waals surface area contributed by atoms with Gasteiger partial charge in [-0.3, -0.25) is 4.79 Å². The van der Waals surface area contributed by atoms with Crippen LogP contribution >= 0.6 is 0 Å². The molecule has 4 rings (SSSR count). The van der Waals surface area contributed by atoms with Gasteiger partial charge in [-0.25, -0.2) is 0 Å². The highest BCUT2D eigenvalue weighted by Gasteiger charge is 2.38. The summed E-state index contributed by atoms with van der Waals surface area (Å²) >= 11 is 0. The van der Waals surface area contributed by atoms with E-state index in [-0.39, 0.29) is 17.2 Å². The van der Waals surface area contributed by atoms with Crippen molar-refractivity contribution in [1.82, 2.24) is 15.4 Å². The Labute approximate surface area is 136 Å². The second-order valence-electron chi connectivity index (χ2n) is 7.49. The zero-order valence-electron chi connectivity index (χ0n) is 13.7. The minimum Gasteiger partial charge on any atom is -0.311 e. The van der Waals surface area contributed by atoms with Crippen molar-refractivity contribution in [1.29, 1.82) is 0 Å². The molecule has 0 fully saturated rings. The number of anilines is 1. The van der Waals surface area contributed by atoms with Crippen LogP contribution in [0, 0.1) is 5.41 Å². The fourth-order valence-corrected chi connectivity index (χ4v) is 3.97. The predicted molar refractivity (Wildman–Crippen MR) is 88.3 cm³/mol. The van der Waals surface area contributed by atoms with Crippen molar-refractivity contribution in [2.45, 2.75) is 45.4 Å². The lowest BCUT2D eigenvalue weighted by Gasteiger charge is -2.41. The predicted octanol–water partition coefficient (Wildman–Crippen LogP) is 2.84. The molecule has 0 spiro atoms. The van der Waals surface area contributed by atoms with Crippen molar-refractivity contribution in [2.75, 3.05) is 11.4 Å². The van der Waals surface area contributed by atoms with Gasteiger partial charge < -0.3 is 4.90 Å². The van der Waals surface area contributed by atoms with Crippen LogP contribution in [-0.4, -0.2) is 27.9 Å². The number of benzene rings is 1. The number of nitrogens with one attached hydrogen (secondary N) is 1. The van der Waals surface area contributed by atoms with E-state index in [9.17, 15) is 4.79 Å². The summed E-state index contributed by atoms with van der Waals surface area (Å²) < 4.78 is 0. The number of fused-ring (bicyclic) bond motifs is 2. The molecule has 1 atom stereocenters. The molecule has 120 valence electrons. The molecular weight excluding hydrogens is 288 g/mol. The molecule has 1 aromatic heterocycles. The molecule has 5 heteroatoms. The highest BCUT2D eigenvalue weighted by atomic mass is 16.2. The number of carbonyl (C=O) groups is 1. The first kappa shape index (κ1) is 14.4. The maximum atomic E-state index is 13.3. The molecule has 1 aromatic carbocycles. The molecule has 2 aliphatic rings. The normalized spacial score (nSPS) is 22.3. The summed E-state index contributed by atoms with van der Waals surface area (Å²) in [6.07, 6.45) is 3.77. The zero-order chi connectivity index (χ0) is 16.0. The van der Waals surface area contributed by atoms with E-state index in [2.05, 4.69) is 47.5 Å². The highest BCUT2D eigenvalue weighted by Crippen LogP contribution is 2.39. The highest BCUT2D eigenvalue weighted by molar-refractivity contribution is 5.99. The molecule has 0 saturated carbocycles. The number of hydrogen-bond acceptors (Lipinski definition) is 3. The van der Waals surface area contributed by atoms with Crippen LogP contribution in [0.2, 0.25) is 0 Å². The molecule has 1 N–H and O–H groups in total. The second kappa shape index (κ2) is 5.18. The van der Waals surface area contributed by atoms with Crippen molar-refractivity contribution >= 4 is 11.6 Å². The summed E-state index contributed by atoms with van der Waals surface area (Å²) in [5.74, 6) is -0.000434. The Morgan fingerprint density at radius 1 is 1.30 bits per heavy atom. The first-order valence-electron chi connectivity index (χ1n) is 8.34. The number of hydrogen-bond donors (Lipinski definition) is 1. The van der Waals surface area contributed by atoms with Crippen molar-refractivity contribution in [3.05, 3.63) is 41.2 Å². The number of aryl methyl sites for hydroxylation is 1. The number of aromatic nitrogens is 3. The SMILES string of the molecule is CC1(C)Cc2ccccc2N(C(=O)C2CCCc3n[nH]nc32)C1. The smallest absolute Gasteiger partial charge is 0.236 e. The Balaban J connectivity index is 1.72. The third kappa shape index (κ3) is 2.44. The first-order valence-corrected chi connectivity index (χ1v) is 8.34. The largest absolute Gasteiger partial charge is 0.311 e. The summed E-state index contributed by atoms with van der Waals surface area (Å²) in [5, 5.41) is 11.2. The van der Waals surface area contributed by atoms with Crippen LogP contribution in [0.15, 0.2) is 24.3 Å². The monoisotopic (exact) mass is 310 g/mol. The van der Waals surface area contributed by atoms with Crippen molar-refractivity contribution in [2.24, 2.45) is 5.41 Å². The Morgan fingerprint density at radius 3 is 3.00 bits per heavy atom. The van der Waals surface area contributed by atoms with Crippen molar-refractivity contribution in [3.8, 4) is 0 Å². The van der Waals surface area contributed by atoms with E-state index in [4.69, 9.17) is 0 Å². The van der Waals surface area contributed by atoms with E-state index < -0.39 is 0 Å². The average Bonchev–Trinajstić information content (AvgIpc) is 3.01. The third-order valence-electron chi connectivity index (χ3n) is 4.99. The average molecular weight is 310 g/mol. The molecule has 0 radical (unpaired) electrons. The third-order valence-corrected chi connectivity index (χ3v) is 4.99. The molecule has 0 bridgehead atoms. The zero-order valence-corrected chi connectivity index (χ0v) is 13.7. The van der Waals surface area contributed by atoms with Gasteiger partial charge in [-0.2, -0.15) is 15.4 Å². The van der Waals surface area contributed by atoms with Crippen LogP contribution in [0.5, 0.6) is 0 Å². The summed E-state index contributed by atoms with van der Waals surface area (Å²) in [6, 6.07) is 8.27. The molecule has 23 heavy (non-hydrogen) atoms. The van der Waals surface area contributed by atoms with E-state index in [1.807, 2.05) is 11.0 Å². The number of carbonyl (C=O) groups excluding carboxylic acids is 1. The molecular formula is C18H22N4O. The summed E-state index contributed by atoms with van der Waals surface area (Å²) in [4.78, 5) is 15.3. The maximum absolute atomic E-state index is 13.3. The Morgan fingerprint density at radius 2 is 2.13 bits per heavy atom. The molecule has 1 amide bonds. The summed E-state index contributed by atoms with van der Waals surface area (Å²) in [6.45, 7) is 5.21. The fraction of sp³-hybridized carbons (Fsp3) is 0.500. The fourth-order valence-electron chi connectivity index (χ4n) is 3.97. The number of para-hydroxylation sites is 1. The Bertz CT molecular complexity index is 749. The molecule has 2 heterocycles. The topological polar surface area (TPSA) is 61.9 Å². The lowest BCUT2D eigenvalue weighted by atomic mass is 9.80. The van der Waals surface area contributed by atoms with E-state index in [1.165, 1.54) is 5.56 Å². The molecule has 1 aliphatic heterocycles. The molecule has 1 unspecified atom stereocenters. The standard InChI is InChI=1S/C18H22N4O/c1-18(2)10-12-6-3-4-9-15(12)22(11-18)17(23)13-7-5-8-14-16(13)20-21-19-14/h3-4,6,9,13H,5,7-8,10-11H2,1-2H3,(H,19,20,21). The van der Waals surface area contributed by atoms with Gasteiger partial charge in [0.1, 0.15) is 0 Å². The Kier molecular flexibility index (Phi) is 3.25. The van der Waals surface area contributed by atoms with E-state index in [0.717, 1.165) is 49.3 Å². The number of amides is 1. The van der Waals surface area contributed by atoms with Gasteiger partial charge in [0, 0.05) is 12.2 Å². The number of nitrogens with zero attached hydrogens (tertiary/aromatic N) is 3. The number of rotatable bonds is 1. The van der Waals surface area contributed by atoms with Crippen LogP contribution in [0.25, 0.3) is 0 Å². The molecule has 0 saturated heterocycles. The van der Waals surface area contributed by atoms with Gasteiger partial charge in [-0.15, -0.1) is 0 Å². The molecule has 5 nitrogen and oxygen atoms in total. The van der Waals surface area contributed by atoms with Gasteiger partial charge in [-0.1, -0.05) is 32.0 Å². The van der Waals surface area contributed by atoms with Gasteiger partial charge in [0.25, 0.3) is 0 Å². The van der Waals surface area contributed by atoms with Crippen molar-refractivity contribution in [3.63, 3.8) is 0 Å². The van der Waals surface area contributed by atoms with Crippen molar-refractivity contribution < 1.29 is 4.79 Å². The molecule has 2 aromatic rings. The van der Waals surface area contributed by atoms with Crippen LogP contribution in [-0.2, 0) is 17.6 Å². The van der Waals surface area contributed by atoms with Crippen LogP contribution in [0.1, 0.15) is 49.6 Å². The van der Waals surface area contributed by atoms with Crippen LogP contribution < -0.4 is 4.90 Å². The number of H-pyrrole nitrogens is 1. The summed E-state index contributed by atoms with van der Waals surface area (Å²) in [5.41, 5.74) is 4.22. The van der Waals surface area contributed by atoms with Gasteiger partial charge >= 0.3 is 0 Å². The maximum Gasteiger partial charge on any atom is 0.236 e.